The largest absolute Gasteiger partial charge is 0.483 e. The Hall–Kier alpha value is -3.68. The Morgan fingerprint density at radius 2 is 2.11 bits per heavy atom. The molecule has 1 unspecified atom stereocenters. The van der Waals surface area contributed by atoms with E-state index in [2.05, 4.69) is 5.10 Å². The van der Waals surface area contributed by atoms with Gasteiger partial charge in [-0.05, 0) is 6.07 Å². The second kappa shape index (κ2) is 6.56. The van der Waals surface area contributed by atoms with Crippen LogP contribution in [0.15, 0.2) is 35.7 Å². The zero-order valence-electron chi connectivity index (χ0n) is 13.5. The summed E-state index contributed by atoms with van der Waals surface area (Å²) in [6, 6.07) is 7.76. The van der Waals surface area contributed by atoms with Crippen LogP contribution in [0.5, 0.6) is 11.6 Å². The molecule has 5 N–H and O–H groups in total. The van der Waals surface area contributed by atoms with Gasteiger partial charge in [0.15, 0.2) is 6.61 Å². The van der Waals surface area contributed by atoms with Gasteiger partial charge in [-0.1, -0.05) is 18.2 Å². The van der Waals surface area contributed by atoms with Crippen molar-refractivity contribution in [1.29, 1.82) is 5.26 Å². The third-order valence-corrected chi connectivity index (χ3v) is 3.82. The quantitative estimate of drug-likeness (QED) is 0.736. The number of primary amides is 1. The van der Waals surface area contributed by atoms with E-state index in [1.165, 1.54) is 12.1 Å². The molecule has 1 amide bonds. The molecule has 0 saturated heterocycles. The highest BCUT2D eigenvalue weighted by Crippen LogP contribution is 2.48. The third kappa shape index (κ3) is 3.24. The smallest absolute Gasteiger partial charge is 0.433 e. The number of aromatic amines is 1. The van der Waals surface area contributed by atoms with Crippen molar-refractivity contribution in [2.75, 3.05) is 6.61 Å². The van der Waals surface area contributed by atoms with Crippen molar-refractivity contribution < 1.29 is 27.4 Å². The number of hydrogen-bond donors (Lipinski definition) is 3. The Labute approximate surface area is 150 Å². The van der Waals surface area contributed by atoms with Crippen molar-refractivity contribution in [3.8, 4) is 17.7 Å². The van der Waals surface area contributed by atoms with Gasteiger partial charge in [-0.3, -0.25) is 9.89 Å². The molecular weight excluding hydrogens is 367 g/mol. The van der Waals surface area contributed by atoms with Gasteiger partial charge >= 0.3 is 6.18 Å². The molecule has 0 aliphatic carbocycles. The average molecular weight is 379 g/mol. The van der Waals surface area contributed by atoms with Crippen LogP contribution in [0.2, 0.25) is 0 Å². The number of nitriles is 1. The topological polar surface area (TPSA) is 140 Å². The van der Waals surface area contributed by atoms with Crippen LogP contribution in [0.4, 0.5) is 13.2 Å². The van der Waals surface area contributed by atoms with E-state index in [1.807, 2.05) is 5.10 Å². The van der Waals surface area contributed by atoms with Crippen LogP contribution in [0, 0.1) is 11.3 Å². The molecule has 1 aromatic heterocycles. The number of carbonyl (C=O) groups is 1. The van der Waals surface area contributed by atoms with Gasteiger partial charge in [0.25, 0.3) is 5.91 Å². The number of ether oxygens (including phenoxy) is 2. The molecule has 0 saturated carbocycles. The maximum absolute atomic E-state index is 13.4. The van der Waals surface area contributed by atoms with Gasteiger partial charge in [0, 0.05) is 5.56 Å². The van der Waals surface area contributed by atoms with Crippen LogP contribution in [0.25, 0.3) is 0 Å². The molecule has 1 aliphatic heterocycles. The fourth-order valence-electron chi connectivity index (χ4n) is 2.77. The molecule has 27 heavy (non-hydrogen) atoms. The summed E-state index contributed by atoms with van der Waals surface area (Å²) >= 11 is 0. The minimum Gasteiger partial charge on any atom is -0.483 e. The average Bonchev–Trinajstić information content (AvgIpc) is 3.02. The van der Waals surface area contributed by atoms with Crippen LogP contribution in [-0.4, -0.2) is 22.7 Å². The Bertz CT molecular complexity index is 974. The predicted molar refractivity (Wildman–Crippen MR) is 84.0 cm³/mol. The Balaban J connectivity index is 2.22. The summed E-state index contributed by atoms with van der Waals surface area (Å²) in [6.07, 6.45) is -4.78. The monoisotopic (exact) mass is 379 g/mol. The number of rotatable bonds is 4. The number of aromatic nitrogens is 2. The van der Waals surface area contributed by atoms with E-state index in [9.17, 15) is 23.2 Å². The first kappa shape index (κ1) is 18.1. The lowest BCUT2D eigenvalue weighted by molar-refractivity contribution is -0.141. The number of alkyl halides is 3. The van der Waals surface area contributed by atoms with E-state index in [-0.39, 0.29) is 22.8 Å². The highest BCUT2D eigenvalue weighted by atomic mass is 19.4. The zero-order chi connectivity index (χ0) is 19.8. The molecule has 1 aliphatic rings. The van der Waals surface area contributed by atoms with Crippen molar-refractivity contribution in [3.63, 3.8) is 0 Å². The maximum Gasteiger partial charge on any atom is 0.433 e. The van der Waals surface area contributed by atoms with Gasteiger partial charge < -0.3 is 20.9 Å². The minimum atomic E-state index is -4.78. The van der Waals surface area contributed by atoms with E-state index < -0.39 is 41.7 Å². The number of nitrogens with two attached hydrogens (primary N) is 2. The normalized spacial score (nSPS) is 16.3. The van der Waals surface area contributed by atoms with Gasteiger partial charge in [0.1, 0.15) is 23.1 Å². The number of allylic oxidation sites excluding steroid dienone is 1. The molecule has 1 atom stereocenters. The Morgan fingerprint density at radius 3 is 2.74 bits per heavy atom. The van der Waals surface area contributed by atoms with Gasteiger partial charge in [-0.15, -0.1) is 5.10 Å². The first-order chi connectivity index (χ1) is 12.7. The van der Waals surface area contributed by atoms with Crippen LogP contribution >= 0.6 is 0 Å². The maximum atomic E-state index is 13.4. The van der Waals surface area contributed by atoms with E-state index in [0.717, 1.165) is 0 Å². The molecule has 8 nitrogen and oxygen atoms in total. The van der Waals surface area contributed by atoms with Gasteiger partial charge in [-0.25, -0.2) is 0 Å². The summed E-state index contributed by atoms with van der Waals surface area (Å²) in [4.78, 5) is 11.0. The number of halogens is 3. The number of fused-ring (bicyclic) bond motifs is 1. The summed E-state index contributed by atoms with van der Waals surface area (Å²) in [5.41, 5.74) is 9.12. The number of carbonyl (C=O) groups excluding carboxylic acids is 1. The molecule has 3 rings (SSSR count). The van der Waals surface area contributed by atoms with Crippen LogP contribution < -0.4 is 20.9 Å². The van der Waals surface area contributed by atoms with E-state index in [1.54, 1.807) is 18.2 Å². The fraction of sp³-hybridized carbons (Fsp3) is 0.188. The number of H-pyrrole nitrogens is 1. The lowest BCUT2D eigenvalue weighted by Gasteiger charge is -2.25. The predicted octanol–water partition coefficient (Wildman–Crippen LogP) is 1.51. The highest BCUT2D eigenvalue weighted by molar-refractivity contribution is 5.75. The fourth-order valence-corrected chi connectivity index (χ4v) is 2.77. The van der Waals surface area contributed by atoms with Crippen molar-refractivity contribution in [1.82, 2.24) is 10.2 Å². The van der Waals surface area contributed by atoms with Gasteiger partial charge in [0.2, 0.25) is 11.8 Å². The van der Waals surface area contributed by atoms with Gasteiger partial charge in [-0.2, -0.15) is 18.4 Å². The van der Waals surface area contributed by atoms with Crippen molar-refractivity contribution in [2.45, 2.75) is 12.1 Å². The molecule has 2 aromatic rings. The molecule has 0 bridgehead atoms. The number of nitrogens with zero attached hydrogens (tertiary/aromatic N) is 2. The van der Waals surface area contributed by atoms with Gasteiger partial charge in [0.05, 0.1) is 11.5 Å². The second-order valence-electron chi connectivity index (χ2n) is 5.53. The van der Waals surface area contributed by atoms with Crippen molar-refractivity contribution in [2.24, 2.45) is 11.5 Å². The summed E-state index contributed by atoms with van der Waals surface area (Å²) in [6.45, 7) is -0.494. The summed E-state index contributed by atoms with van der Waals surface area (Å²) in [5, 5.41) is 14.9. The number of amides is 1. The van der Waals surface area contributed by atoms with E-state index in [0.29, 0.717) is 0 Å². The van der Waals surface area contributed by atoms with E-state index in [4.69, 9.17) is 20.9 Å². The molecular formula is C16H12F3N5O3. The van der Waals surface area contributed by atoms with E-state index >= 15 is 0 Å². The first-order valence-corrected chi connectivity index (χ1v) is 7.47. The number of hydrogen-bond acceptors (Lipinski definition) is 6. The van der Waals surface area contributed by atoms with Crippen molar-refractivity contribution in [3.05, 3.63) is 52.5 Å². The number of nitrogens with one attached hydrogen (secondary N) is 1. The number of benzene rings is 1. The first-order valence-electron chi connectivity index (χ1n) is 7.47. The lowest BCUT2D eigenvalue weighted by atomic mass is 9.83. The van der Waals surface area contributed by atoms with Crippen LogP contribution in [-0.2, 0) is 11.0 Å². The number of para-hydroxylation sites is 1. The Morgan fingerprint density at radius 1 is 1.41 bits per heavy atom. The van der Waals surface area contributed by atoms with Crippen molar-refractivity contribution >= 4 is 5.91 Å². The van der Waals surface area contributed by atoms with Crippen LogP contribution in [0.3, 0.4) is 0 Å². The SMILES string of the molecule is N#CC1=C(N)Oc2n[nH]c(C(F)(F)F)c2C1c1ccccc1OCC(N)=O. The zero-order valence-corrected chi connectivity index (χ0v) is 13.5. The summed E-state index contributed by atoms with van der Waals surface area (Å²) < 4.78 is 50.7. The third-order valence-electron chi connectivity index (χ3n) is 3.82. The highest BCUT2D eigenvalue weighted by Gasteiger charge is 2.45. The second-order valence-corrected chi connectivity index (χ2v) is 5.53. The summed E-state index contributed by atoms with van der Waals surface area (Å²) in [7, 11) is 0. The van der Waals surface area contributed by atoms with Crippen LogP contribution in [0.1, 0.15) is 22.7 Å². The molecule has 140 valence electrons. The molecule has 0 radical (unpaired) electrons. The molecule has 0 spiro atoms. The molecule has 2 heterocycles. The molecule has 1 aromatic carbocycles. The molecule has 11 heteroatoms. The Kier molecular flexibility index (Phi) is 4.40. The standard InChI is InChI=1S/C16H12F3N5O3/c17-16(18,19)13-12-11(8(5-20)14(22)27-15(12)24-23-13)7-3-1-2-4-9(7)26-6-10(21)25/h1-4,11H,6,22H2,(H2,21,25)(H,23,24). The summed E-state index contributed by atoms with van der Waals surface area (Å²) in [5.74, 6) is -2.73. The molecule has 0 fully saturated rings. The lowest BCUT2D eigenvalue weighted by Crippen LogP contribution is -2.24. The minimum absolute atomic E-state index is 0.0732.